The largest absolute Gasteiger partial charge is 0.441 e. The molecule has 134 valence electrons. The third-order valence-corrected chi connectivity index (χ3v) is 4.81. The molecular weight excluding hydrogens is 328 g/mol. The number of rotatable bonds is 3. The van der Waals surface area contributed by atoms with E-state index in [1.54, 1.807) is 0 Å². The Balaban J connectivity index is 2.01. The molecule has 3 heterocycles. The standard InChI is InChI=1S/C19H22N6O/c1-9(2)10(3)25-19-16(18(20)21-11(4)22-19)17(24-25)13-6-7-15-14(8-13)23-12(5)26-15/h6-10H,1-5H3,(H2,20,21,22). The van der Waals surface area contributed by atoms with Gasteiger partial charge in [0, 0.05) is 12.5 Å². The summed E-state index contributed by atoms with van der Waals surface area (Å²) in [5.41, 5.74) is 10.3. The molecule has 1 aromatic carbocycles. The van der Waals surface area contributed by atoms with Gasteiger partial charge >= 0.3 is 0 Å². The van der Waals surface area contributed by atoms with Crippen molar-refractivity contribution in [2.24, 2.45) is 5.92 Å². The van der Waals surface area contributed by atoms with Crippen LogP contribution in [0.2, 0.25) is 0 Å². The van der Waals surface area contributed by atoms with Crippen LogP contribution in [-0.4, -0.2) is 24.7 Å². The van der Waals surface area contributed by atoms with E-state index in [1.807, 2.05) is 36.7 Å². The van der Waals surface area contributed by atoms with Crippen molar-refractivity contribution in [1.29, 1.82) is 0 Å². The van der Waals surface area contributed by atoms with Crippen LogP contribution in [0.1, 0.15) is 38.5 Å². The van der Waals surface area contributed by atoms with Gasteiger partial charge in [-0.15, -0.1) is 0 Å². The summed E-state index contributed by atoms with van der Waals surface area (Å²) in [5.74, 6) is 2.13. The normalized spacial score (nSPS) is 13.2. The first-order valence-electron chi connectivity index (χ1n) is 8.75. The number of benzene rings is 1. The number of nitrogens with zero attached hydrogens (tertiary/aromatic N) is 5. The van der Waals surface area contributed by atoms with Crippen LogP contribution in [0.3, 0.4) is 0 Å². The predicted octanol–water partition coefficient (Wildman–Crippen LogP) is 4.05. The molecule has 2 N–H and O–H groups in total. The highest BCUT2D eigenvalue weighted by atomic mass is 16.3. The number of aryl methyl sites for hydroxylation is 2. The molecular formula is C19H22N6O. The number of anilines is 1. The van der Waals surface area contributed by atoms with Gasteiger partial charge in [0.1, 0.15) is 22.9 Å². The van der Waals surface area contributed by atoms with Crippen molar-refractivity contribution in [2.75, 3.05) is 5.73 Å². The van der Waals surface area contributed by atoms with Crippen molar-refractivity contribution >= 4 is 28.0 Å². The Morgan fingerprint density at radius 3 is 2.58 bits per heavy atom. The van der Waals surface area contributed by atoms with E-state index in [9.17, 15) is 0 Å². The maximum atomic E-state index is 6.26. The van der Waals surface area contributed by atoms with E-state index < -0.39 is 0 Å². The zero-order chi connectivity index (χ0) is 18.6. The summed E-state index contributed by atoms with van der Waals surface area (Å²) in [4.78, 5) is 13.4. The van der Waals surface area contributed by atoms with Gasteiger partial charge in [0.05, 0.1) is 11.4 Å². The minimum atomic E-state index is 0.179. The molecule has 1 atom stereocenters. The van der Waals surface area contributed by atoms with Gasteiger partial charge in [-0.05, 0) is 38.0 Å². The number of aromatic nitrogens is 5. The van der Waals surface area contributed by atoms with Crippen LogP contribution in [0.5, 0.6) is 0 Å². The minimum Gasteiger partial charge on any atom is -0.441 e. The van der Waals surface area contributed by atoms with Crippen LogP contribution in [0, 0.1) is 19.8 Å². The third-order valence-electron chi connectivity index (χ3n) is 4.81. The Kier molecular flexibility index (Phi) is 3.68. The molecule has 0 fully saturated rings. The number of hydrogen-bond acceptors (Lipinski definition) is 6. The van der Waals surface area contributed by atoms with Crippen LogP contribution in [0.15, 0.2) is 22.6 Å². The number of nitrogens with two attached hydrogens (primary N) is 1. The molecule has 26 heavy (non-hydrogen) atoms. The van der Waals surface area contributed by atoms with Crippen LogP contribution in [-0.2, 0) is 0 Å². The summed E-state index contributed by atoms with van der Waals surface area (Å²) in [6.07, 6.45) is 0. The van der Waals surface area contributed by atoms with E-state index >= 15 is 0 Å². The zero-order valence-corrected chi connectivity index (χ0v) is 15.6. The second-order valence-corrected chi connectivity index (χ2v) is 7.05. The van der Waals surface area contributed by atoms with E-state index in [-0.39, 0.29) is 6.04 Å². The molecule has 1 unspecified atom stereocenters. The van der Waals surface area contributed by atoms with Gasteiger partial charge in [0.15, 0.2) is 17.1 Å². The molecule has 0 amide bonds. The molecule has 3 aromatic heterocycles. The van der Waals surface area contributed by atoms with E-state index in [1.165, 1.54) is 0 Å². The SMILES string of the molecule is Cc1nc(N)c2c(-c3ccc4oc(C)nc4c3)nn(C(C)C(C)C)c2n1. The lowest BCUT2D eigenvalue weighted by Gasteiger charge is -2.16. The van der Waals surface area contributed by atoms with Gasteiger partial charge in [-0.1, -0.05) is 13.8 Å². The van der Waals surface area contributed by atoms with E-state index in [2.05, 4.69) is 35.7 Å². The molecule has 7 heteroatoms. The van der Waals surface area contributed by atoms with Crippen molar-refractivity contribution in [1.82, 2.24) is 24.7 Å². The van der Waals surface area contributed by atoms with Gasteiger partial charge in [-0.3, -0.25) is 0 Å². The summed E-state index contributed by atoms with van der Waals surface area (Å²) in [7, 11) is 0. The quantitative estimate of drug-likeness (QED) is 0.599. The molecule has 0 aliphatic heterocycles. The maximum absolute atomic E-state index is 6.26. The molecule has 0 spiro atoms. The molecule has 0 bridgehead atoms. The van der Waals surface area contributed by atoms with Gasteiger partial charge in [0.25, 0.3) is 0 Å². The Bertz CT molecular complexity index is 1120. The average Bonchev–Trinajstić information content (AvgIpc) is 3.12. The highest BCUT2D eigenvalue weighted by Crippen LogP contribution is 2.34. The highest BCUT2D eigenvalue weighted by molar-refractivity contribution is 5.99. The van der Waals surface area contributed by atoms with Crippen molar-refractivity contribution < 1.29 is 4.42 Å². The Morgan fingerprint density at radius 1 is 1.08 bits per heavy atom. The maximum Gasteiger partial charge on any atom is 0.192 e. The van der Waals surface area contributed by atoms with Gasteiger partial charge < -0.3 is 10.2 Å². The molecule has 4 aromatic rings. The van der Waals surface area contributed by atoms with Crippen molar-refractivity contribution in [3.63, 3.8) is 0 Å². The van der Waals surface area contributed by atoms with Crippen LogP contribution in [0.4, 0.5) is 5.82 Å². The number of hydrogen-bond donors (Lipinski definition) is 1. The summed E-state index contributed by atoms with van der Waals surface area (Å²) in [5, 5.41) is 5.65. The third kappa shape index (κ3) is 2.51. The second-order valence-electron chi connectivity index (χ2n) is 7.05. The minimum absolute atomic E-state index is 0.179. The van der Waals surface area contributed by atoms with Crippen LogP contribution < -0.4 is 5.73 Å². The lowest BCUT2D eigenvalue weighted by Crippen LogP contribution is -2.14. The zero-order valence-electron chi connectivity index (χ0n) is 15.6. The topological polar surface area (TPSA) is 95.6 Å². The fourth-order valence-corrected chi connectivity index (χ4v) is 3.14. The summed E-state index contributed by atoms with van der Waals surface area (Å²) in [6.45, 7) is 10.2. The summed E-state index contributed by atoms with van der Waals surface area (Å²) in [6, 6.07) is 6.03. The molecule has 0 radical (unpaired) electrons. The molecule has 0 aliphatic carbocycles. The molecule has 0 aliphatic rings. The van der Waals surface area contributed by atoms with E-state index in [4.69, 9.17) is 15.2 Å². The lowest BCUT2D eigenvalue weighted by molar-refractivity contribution is 0.384. The smallest absolute Gasteiger partial charge is 0.192 e. The van der Waals surface area contributed by atoms with Crippen molar-refractivity contribution in [3.8, 4) is 11.3 Å². The van der Waals surface area contributed by atoms with E-state index in [0.717, 1.165) is 33.4 Å². The monoisotopic (exact) mass is 350 g/mol. The fourth-order valence-electron chi connectivity index (χ4n) is 3.14. The first-order valence-corrected chi connectivity index (χ1v) is 8.75. The van der Waals surface area contributed by atoms with Crippen LogP contribution >= 0.6 is 0 Å². The number of nitrogen functional groups attached to an aromatic ring is 1. The summed E-state index contributed by atoms with van der Waals surface area (Å²) >= 11 is 0. The first-order chi connectivity index (χ1) is 12.3. The first kappa shape index (κ1) is 16.5. The Labute approximate surface area is 151 Å². The number of oxazole rings is 1. The van der Waals surface area contributed by atoms with E-state index in [0.29, 0.717) is 23.5 Å². The molecule has 7 nitrogen and oxygen atoms in total. The number of fused-ring (bicyclic) bond motifs is 2. The average molecular weight is 350 g/mol. The van der Waals surface area contributed by atoms with Crippen molar-refractivity contribution in [2.45, 2.75) is 40.7 Å². The molecule has 4 rings (SSSR count). The fraction of sp³-hybridized carbons (Fsp3) is 0.368. The second kappa shape index (κ2) is 5.79. The highest BCUT2D eigenvalue weighted by Gasteiger charge is 2.22. The van der Waals surface area contributed by atoms with Crippen LogP contribution in [0.25, 0.3) is 33.4 Å². The van der Waals surface area contributed by atoms with Gasteiger partial charge in [-0.25, -0.2) is 19.6 Å². The van der Waals surface area contributed by atoms with Gasteiger partial charge in [-0.2, -0.15) is 5.10 Å². The summed E-state index contributed by atoms with van der Waals surface area (Å²) < 4.78 is 7.53. The Morgan fingerprint density at radius 2 is 1.85 bits per heavy atom. The predicted molar refractivity (Wildman–Crippen MR) is 102 cm³/mol. The Hall–Kier alpha value is -2.96. The van der Waals surface area contributed by atoms with Gasteiger partial charge in [0.2, 0.25) is 0 Å². The lowest BCUT2D eigenvalue weighted by atomic mass is 10.1. The molecule has 0 saturated carbocycles. The molecule has 0 saturated heterocycles. The van der Waals surface area contributed by atoms with Crippen molar-refractivity contribution in [3.05, 3.63) is 29.9 Å².